The fraction of sp³-hybridized carbons (Fsp3) is 0.333. The predicted molar refractivity (Wildman–Crippen MR) is 51.5 cm³/mol. The molecule has 1 aromatic rings. The van der Waals surface area contributed by atoms with Gasteiger partial charge in [0.05, 0.1) is 6.54 Å². The van der Waals surface area contributed by atoms with Crippen LogP contribution in [0.2, 0.25) is 5.02 Å². The Morgan fingerprint density at radius 2 is 2.31 bits per heavy atom. The maximum absolute atomic E-state index is 8.31. The molecule has 0 atom stereocenters. The lowest BCUT2D eigenvalue weighted by molar-refractivity contribution is 0.145. The minimum Gasteiger partial charge on any atom is -0.492 e. The van der Waals surface area contributed by atoms with Gasteiger partial charge in [-0.05, 0) is 30.7 Å². The number of nitrogens with one attached hydrogen (secondary N) is 1. The Morgan fingerprint density at radius 3 is 2.92 bits per heavy atom. The molecule has 0 aliphatic rings. The number of aryl methyl sites for hydroxylation is 1. The van der Waals surface area contributed by atoms with Crippen LogP contribution in [0.1, 0.15) is 5.56 Å². The summed E-state index contributed by atoms with van der Waals surface area (Å²) in [6.45, 7) is 2.76. The van der Waals surface area contributed by atoms with E-state index in [2.05, 4.69) is 0 Å². The zero-order valence-corrected chi connectivity index (χ0v) is 8.14. The first-order valence-corrected chi connectivity index (χ1v) is 4.37. The van der Waals surface area contributed by atoms with E-state index in [0.29, 0.717) is 18.2 Å². The van der Waals surface area contributed by atoms with Crippen LogP contribution in [-0.2, 0) is 0 Å². The molecule has 0 aromatic heterocycles. The predicted octanol–water partition coefficient (Wildman–Crippen LogP) is 2.01. The molecule has 0 aliphatic carbocycles. The van der Waals surface area contributed by atoms with E-state index in [1.807, 2.05) is 24.5 Å². The normalized spacial score (nSPS) is 10.1. The van der Waals surface area contributed by atoms with Gasteiger partial charge in [0.15, 0.2) is 0 Å². The third-order valence-corrected chi connectivity index (χ3v) is 1.84. The highest BCUT2D eigenvalue weighted by Gasteiger charge is 1.98. The van der Waals surface area contributed by atoms with Gasteiger partial charge in [0.2, 0.25) is 0 Å². The van der Waals surface area contributed by atoms with Crippen LogP contribution in [0, 0.1) is 6.92 Å². The Kier molecular flexibility index (Phi) is 4.02. The van der Waals surface area contributed by atoms with Gasteiger partial charge in [-0.2, -0.15) is 0 Å². The quantitative estimate of drug-likeness (QED) is 0.579. The van der Waals surface area contributed by atoms with Crippen molar-refractivity contribution in [3.63, 3.8) is 0 Å². The lowest BCUT2D eigenvalue weighted by atomic mass is 10.2. The van der Waals surface area contributed by atoms with E-state index in [1.165, 1.54) is 0 Å². The lowest BCUT2D eigenvalue weighted by Gasteiger charge is -2.08. The fourth-order valence-corrected chi connectivity index (χ4v) is 1.21. The molecule has 0 saturated heterocycles. The van der Waals surface area contributed by atoms with Crippen LogP contribution in [0.15, 0.2) is 18.2 Å². The summed E-state index contributed by atoms with van der Waals surface area (Å²) in [5, 5.41) is 9.01. The van der Waals surface area contributed by atoms with Gasteiger partial charge in [0.25, 0.3) is 0 Å². The molecule has 3 nitrogen and oxygen atoms in total. The number of hydrogen-bond donors (Lipinski definition) is 2. The van der Waals surface area contributed by atoms with E-state index in [0.717, 1.165) is 11.3 Å². The van der Waals surface area contributed by atoms with Crippen molar-refractivity contribution in [1.29, 1.82) is 0 Å². The average Bonchev–Trinajstić information content (AvgIpc) is 2.09. The monoisotopic (exact) mass is 201 g/mol. The Labute approximate surface area is 82.2 Å². The van der Waals surface area contributed by atoms with Crippen LogP contribution in [-0.4, -0.2) is 18.4 Å². The molecule has 4 heteroatoms. The zero-order chi connectivity index (χ0) is 9.68. The van der Waals surface area contributed by atoms with Crippen molar-refractivity contribution >= 4 is 11.6 Å². The van der Waals surface area contributed by atoms with Gasteiger partial charge in [-0.25, -0.2) is 5.48 Å². The highest BCUT2D eigenvalue weighted by atomic mass is 35.5. The van der Waals surface area contributed by atoms with Crippen LogP contribution < -0.4 is 10.2 Å². The first-order valence-electron chi connectivity index (χ1n) is 4.00. The summed E-state index contributed by atoms with van der Waals surface area (Å²) in [6.07, 6.45) is 0. The minimum absolute atomic E-state index is 0.405. The van der Waals surface area contributed by atoms with Crippen molar-refractivity contribution < 1.29 is 9.94 Å². The van der Waals surface area contributed by atoms with Gasteiger partial charge in [-0.3, -0.25) is 0 Å². The standard InChI is InChI=1S/C9H12ClNO2/c1-7-6-8(10)2-3-9(7)13-5-4-11-12/h2-3,6,11-12H,4-5H2,1H3. The van der Waals surface area contributed by atoms with Crippen molar-refractivity contribution in [2.24, 2.45) is 0 Å². The Balaban J connectivity index is 2.56. The molecule has 0 aliphatic heterocycles. The fourth-order valence-electron chi connectivity index (χ4n) is 0.981. The van der Waals surface area contributed by atoms with E-state index in [4.69, 9.17) is 21.5 Å². The number of benzene rings is 1. The highest BCUT2D eigenvalue weighted by Crippen LogP contribution is 2.21. The molecule has 1 aromatic carbocycles. The van der Waals surface area contributed by atoms with Crippen molar-refractivity contribution in [2.75, 3.05) is 13.2 Å². The summed E-state index contributed by atoms with van der Waals surface area (Å²) in [4.78, 5) is 0. The second-order valence-electron chi connectivity index (χ2n) is 2.67. The summed E-state index contributed by atoms with van der Waals surface area (Å²) in [5.74, 6) is 0.791. The SMILES string of the molecule is Cc1cc(Cl)ccc1OCCNO. The Morgan fingerprint density at radius 1 is 1.54 bits per heavy atom. The molecule has 0 heterocycles. The minimum atomic E-state index is 0.405. The summed E-state index contributed by atoms with van der Waals surface area (Å²) in [5.41, 5.74) is 3.01. The molecule has 13 heavy (non-hydrogen) atoms. The lowest BCUT2D eigenvalue weighted by Crippen LogP contribution is -2.16. The van der Waals surface area contributed by atoms with Crippen molar-refractivity contribution in [1.82, 2.24) is 5.48 Å². The molecule has 0 fully saturated rings. The Hall–Kier alpha value is -0.770. The number of rotatable bonds is 4. The first-order chi connectivity index (χ1) is 6.24. The zero-order valence-electron chi connectivity index (χ0n) is 7.38. The van der Waals surface area contributed by atoms with Gasteiger partial charge in [-0.15, -0.1) is 0 Å². The molecular weight excluding hydrogens is 190 g/mol. The van der Waals surface area contributed by atoms with Crippen LogP contribution in [0.4, 0.5) is 0 Å². The second-order valence-corrected chi connectivity index (χ2v) is 3.10. The average molecular weight is 202 g/mol. The molecule has 0 amide bonds. The van der Waals surface area contributed by atoms with Crippen LogP contribution in [0.25, 0.3) is 0 Å². The second kappa shape index (κ2) is 5.07. The van der Waals surface area contributed by atoms with Crippen molar-refractivity contribution in [3.05, 3.63) is 28.8 Å². The molecule has 0 bridgehead atoms. The van der Waals surface area contributed by atoms with Gasteiger partial charge >= 0.3 is 0 Å². The molecule has 0 radical (unpaired) electrons. The smallest absolute Gasteiger partial charge is 0.122 e. The number of halogens is 1. The van der Waals surface area contributed by atoms with Gasteiger partial charge in [0.1, 0.15) is 12.4 Å². The number of hydroxylamine groups is 1. The first kappa shape index (κ1) is 10.3. The van der Waals surface area contributed by atoms with E-state index < -0.39 is 0 Å². The molecule has 1 rings (SSSR count). The van der Waals surface area contributed by atoms with Crippen molar-refractivity contribution in [3.8, 4) is 5.75 Å². The number of hydrogen-bond acceptors (Lipinski definition) is 3. The molecule has 0 unspecified atom stereocenters. The summed E-state index contributed by atoms with van der Waals surface area (Å²) in [6, 6.07) is 5.43. The number of ether oxygens (including phenoxy) is 1. The molecule has 72 valence electrons. The third-order valence-electron chi connectivity index (χ3n) is 1.61. The van der Waals surface area contributed by atoms with Crippen molar-refractivity contribution in [2.45, 2.75) is 6.92 Å². The van der Waals surface area contributed by atoms with E-state index in [9.17, 15) is 0 Å². The maximum Gasteiger partial charge on any atom is 0.122 e. The topological polar surface area (TPSA) is 41.5 Å². The molecule has 0 saturated carbocycles. The van der Waals surface area contributed by atoms with Crippen LogP contribution >= 0.6 is 11.6 Å². The summed E-state index contributed by atoms with van der Waals surface area (Å²) >= 11 is 5.77. The van der Waals surface area contributed by atoms with Gasteiger partial charge in [0, 0.05) is 5.02 Å². The third kappa shape index (κ3) is 3.22. The van der Waals surface area contributed by atoms with Gasteiger partial charge < -0.3 is 9.94 Å². The van der Waals surface area contributed by atoms with E-state index in [1.54, 1.807) is 6.07 Å². The van der Waals surface area contributed by atoms with Gasteiger partial charge in [-0.1, -0.05) is 11.6 Å². The van der Waals surface area contributed by atoms with Crippen LogP contribution in [0.5, 0.6) is 5.75 Å². The van der Waals surface area contributed by atoms with E-state index in [-0.39, 0.29) is 0 Å². The molecular formula is C9H12ClNO2. The largest absolute Gasteiger partial charge is 0.492 e. The Bertz CT molecular complexity index is 278. The molecule has 0 spiro atoms. The van der Waals surface area contributed by atoms with E-state index >= 15 is 0 Å². The summed E-state index contributed by atoms with van der Waals surface area (Å²) < 4.78 is 5.35. The summed E-state index contributed by atoms with van der Waals surface area (Å²) in [7, 11) is 0. The maximum atomic E-state index is 8.31. The van der Waals surface area contributed by atoms with Crippen LogP contribution in [0.3, 0.4) is 0 Å². The highest BCUT2D eigenvalue weighted by molar-refractivity contribution is 6.30. The molecule has 2 N–H and O–H groups in total.